The molecule has 1 saturated carbocycles. The molecule has 4 rings (SSSR count). The van der Waals surface area contributed by atoms with Gasteiger partial charge in [0.1, 0.15) is 0 Å². The fourth-order valence-corrected chi connectivity index (χ4v) is 5.77. The molecule has 172 valence electrons. The number of hydrogen-bond donors (Lipinski definition) is 2. The van der Waals surface area contributed by atoms with Gasteiger partial charge in [0.15, 0.2) is 5.60 Å². The normalized spacial score (nSPS) is 32.0. The second-order valence-electron chi connectivity index (χ2n) is 9.48. The highest BCUT2D eigenvalue weighted by Crippen LogP contribution is 2.60. The minimum atomic E-state index is -4.74. The van der Waals surface area contributed by atoms with Crippen LogP contribution in [0.15, 0.2) is 48.5 Å². The molecule has 0 spiro atoms. The molecule has 2 N–H and O–H groups in total. The average Bonchev–Trinajstić information content (AvgIpc) is 2.74. The zero-order valence-electron chi connectivity index (χ0n) is 18.1. The molecule has 0 aromatic heterocycles. The maximum absolute atomic E-state index is 13.7. The topological polar surface area (TPSA) is 66.8 Å². The van der Waals surface area contributed by atoms with Gasteiger partial charge in [-0.3, -0.25) is 0 Å². The summed E-state index contributed by atoms with van der Waals surface area (Å²) in [6.07, 6.45) is -4.99. The lowest BCUT2D eigenvalue weighted by molar-refractivity contribution is -0.281. The molecule has 32 heavy (non-hydrogen) atoms. The van der Waals surface area contributed by atoms with Crippen LogP contribution in [0.2, 0.25) is 0 Å². The molecule has 1 unspecified atom stereocenters. The molecular formula is C25H27F3O4. The summed E-state index contributed by atoms with van der Waals surface area (Å²) in [6, 6.07) is 14.5. The lowest BCUT2D eigenvalue weighted by Crippen LogP contribution is -2.58. The number of halogens is 3. The highest BCUT2D eigenvalue weighted by molar-refractivity contribution is 5.89. The summed E-state index contributed by atoms with van der Waals surface area (Å²) in [5.41, 5.74) is -2.41. The van der Waals surface area contributed by atoms with E-state index in [1.807, 2.05) is 30.3 Å². The summed E-state index contributed by atoms with van der Waals surface area (Å²) in [4.78, 5) is 12.1. The Hall–Kier alpha value is -2.38. The Labute approximate surface area is 185 Å². The molecule has 0 heterocycles. The molecule has 2 aromatic rings. The zero-order chi connectivity index (χ0) is 23.4. The summed E-state index contributed by atoms with van der Waals surface area (Å²) in [5, 5.41) is 21.8. The Morgan fingerprint density at radius 1 is 1.06 bits per heavy atom. The van der Waals surface area contributed by atoms with Gasteiger partial charge in [-0.1, -0.05) is 36.4 Å². The monoisotopic (exact) mass is 448 g/mol. The molecule has 0 bridgehead atoms. The molecule has 0 amide bonds. The summed E-state index contributed by atoms with van der Waals surface area (Å²) in [6.45, 7) is 1.56. The lowest BCUT2D eigenvalue weighted by Gasteiger charge is -2.56. The number of carbonyl (C=O) groups excluding carboxylic acids is 1. The molecule has 2 aliphatic carbocycles. The van der Waals surface area contributed by atoms with E-state index in [0.29, 0.717) is 12.0 Å². The molecule has 2 aliphatic rings. The molecule has 4 nitrogen and oxygen atoms in total. The molecule has 1 fully saturated rings. The van der Waals surface area contributed by atoms with Gasteiger partial charge in [-0.15, -0.1) is 0 Å². The number of hydrogen-bond acceptors (Lipinski definition) is 4. The summed E-state index contributed by atoms with van der Waals surface area (Å²) in [7, 11) is 1.27. The maximum Gasteiger partial charge on any atom is 0.417 e. The van der Waals surface area contributed by atoms with E-state index in [1.54, 1.807) is 25.1 Å². The maximum atomic E-state index is 13.7. The quantitative estimate of drug-likeness (QED) is 0.671. The second-order valence-corrected chi connectivity index (χ2v) is 9.48. The van der Waals surface area contributed by atoms with Gasteiger partial charge < -0.3 is 14.9 Å². The first kappa shape index (κ1) is 22.8. The first-order chi connectivity index (χ1) is 14.9. The minimum Gasteiger partial charge on any atom is -0.465 e. The van der Waals surface area contributed by atoms with Crippen LogP contribution in [0.4, 0.5) is 13.2 Å². The van der Waals surface area contributed by atoms with E-state index in [2.05, 4.69) is 0 Å². The number of rotatable bonds is 3. The van der Waals surface area contributed by atoms with Crippen molar-refractivity contribution in [2.75, 3.05) is 7.11 Å². The van der Waals surface area contributed by atoms with Crippen LogP contribution in [0.1, 0.15) is 59.7 Å². The summed E-state index contributed by atoms with van der Waals surface area (Å²) >= 11 is 0. The average molecular weight is 448 g/mol. The zero-order valence-corrected chi connectivity index (χ0v) is 18.1. The Bertz CT molecular complexity index is 1020. The van der Waals surface area contributed by atoms with Crippen molar-refractivity contribution >= 4 is 5.97 Å². The minimum absolute atomic E-state index is 0.0514. The van der Waals surface area contributed by atoms with Crippen LogP contribution < -0.4 is 0 Å². The molecule has 0 radical (unpaired) electrons. The van der Waals surface area contributed by atoms with Crippen LogP contribution in [0.5, 0.6) is 0 Å². The number of esters is 1. The van der Waals surface area contributed by atoms with E-state index >= 15 is 0 Å². The Balaban J connectivity index is 1.88. The van der Waals surface area contributed by atoms with Gasteiger partial charge in [-0.25, -0.2) is 4.79 Å². The molecular weight excluding hydrogens is 421 g/mol. The highest BCUT2D eigenvalue weighted by Gasteiger charge is 2.63. The van der Waals surface area contributed by atoms with Crippen LogP contribution in [0.3, 0.4) is 0 Å². The molecule has 0 saturated heterocycles. The highest BCUT2D eigenvalue weighted by atomic mass is 19.4. The SMILES string of the molecule is COC(=O)c1ccc2c(c1)C(C)(O)C[C@@H]1C[C@@](O)(C(F)(F)F)CC[C@@]21Cc1ccccc1. The molecule has 0 aliphatic heterocycles. The van der Waals surface area contributed by atoms with Gasteiger partial charge in [-0.05, 0) is 73.8 Å². The number of fused-ring (bicyclic) bond motifs is 3. The first-order valence-electron chi connectivity index (χ1n) is 10.7. The van der Waals surface area contributed by atoms with Gasteiger partial charge >= 0.3 is 12.1 Å². The van der Waals surface area contributed by atoms with Crippen molar-refractivity contribution in [2.24, 2.45) is 5.92 Å². The Morgan fingerprint density at radius 3 is 2.38 bits per heavy atom. The fraction of sp³-hybridized carbons (Fsp3) is 0.480. The van der Waals surface area contributed by atoms with Gasteiger partial charge in [0.25, 0.3) is 0 Å². The van der Waals surface area contributed by atoms with Crippen molar-refractivity contribution in [3.8, 4) is 0 Å². The van der Waals surface area contributed by atoms with Crippen molar-refractivity contribution < 1.29 is 32.9 Å². The Kier molecular flexibility index (Phi) is 5.41. The third-order valence-electron chi connectivity index (χ3n) is 7.44. The molecule has 7 heteroatoms. The first-order valence-corrected chi connectivity index (χ1v) is 10.7. The number of methoxy groups -OCH3 is 1. The summed E-state index contributed by atoms with van der Waals surface area (Å²) < 4.78 is 46.0. The van der Waals surface area contributed by atoms with Crippen LogP contribution in [-0.2, 0) is 22.2 Å². The lowest BCUT2D eigenvalue weighted by atomic mass is 9.50. The predicted molar refractivity (Wildman–Crippen MR) is 112 cm³/mol. The van der Waals surface area contributed by atoms with Gasteiger partial charge in [-0.2, -0.15) is 13.2 Å². The number of carbonyl (C=O) groups is 1. The van der Waals surface area contributed by atoms with Crippen molar-refractivity contribution in [3.05, 3.63) is 70.8 Å². The van der Waals surface area contributed by atoms with Crippen LogP contribution in [0, 0.1) is 5.92 Å². The number of aliphatic hydroxyl groups is 2. The van der Waals surface area contributed by atoms with E-state index < -0.39 is 47.5 Å². The van der Waals surface area contributed by atoms with E-state index in [4.69, 9.17) is 4.74 Å². The largest absolute Gasteiger partial charge is 0.465 e. The summed E-state index contributed by atoms with van der Waals surface area (Å²) in [5.74, 6) is -1.15. The van der Waals surface area contributed by atoms with Crippen molar-refractivity contribution in [1.29, 1.82) is 0 Å². The van der Waals surface area contributed by atoms with Gasteiger partial charge in [0.2, 0.25) is 0 Å². The fourth-order valence-electron chi connectivity index (χ4n) is 5.77. The van der Waals surface area contributed by atoms with Crippen LogP contribution in [-0.4, -0.2) is 35.1 Å². The Morgan fingerprint density at radius 2 is 1.75 bits per heavy atom. The number of alkyl halides is 3. The van der Waals surface area contributed by atoms with Crippen molar-refractivity contribution in [3.63, 3.8) is 0 Å². The third kappa shape index (κ3) is 3.61. The number of ether oxygens (including phenoxy) is 1. The smallest absolute Gasteiger partial charge is 0.417 e. The van der Waals surface area contributed by atoms with E-state index in [9.17, 15) is 28.2 Å². The van der Waals surface area contributed by atoms with E-state index in [1.165, 1.54) is 7.11 Å². The van der Waals surface area contributed by atoms with E-state index in [0.717, 1.165) is 11.1 Å². The van der Waals surface area contributed by atoms with Crippen molar-refractivity contribution in [2.45, 2.75) is 61.8 Å². The second kappa shape index (κ2) is 7.59. The van der Waals surface area contributed by atoms with Crippen LogP contribution in [0.25, 0.3) is 0 Å². The standard InChI is InChI=1S/C25H27F3O4/c1-22(30)14-18-15-24(31,25(26,27)28)11-10-23(18,13-16-6-4-3-5-7-16)19-9-8-17(12-20(19)22)21(29)32-2/h3-9,12,18,30-31H,10-11,13-15H2,1-2H3/t18-,22?,23+,24-/m1/s1. The van der Waals surface area contributed by atoms with E-state index in [-0.39, 0.29) is 18.4 Å². The third-order valence-corrected chi connectivity index (χ3v) is 7.44. The van der Waals surface area contributed by atoms with Crippen molar-refractivity contribution in [1.82, 2.24) is 0 Å². The van der Waals surface area contributed by atoms with Crippen LogP contribution >= 0.6 is 0 Å². The predicted octanol–water partition coefficient (Wildman–Crippen LogP) is 4.66. The molecule has 4 atom stereocenters. The molecule has 2 aromatic carbocycles. The number of benzene rings is 2. The van der Waals surface area contributed by atoms with Gasteiger partial charge in [0.05, 0.1) is 18.3 Å². The van der Waals surface area contributed by atoms with Gasteiger partial charge in [0, 0.05) is 5.41 Å².